The van der Waals surface area contributed by atoms with Crippen LogP contribution in [-0.2, 0) is 24.8 Å². The van der Waals surface area contributed by atoms with Crippen LogP contribution in [0.3, 0.4) is 0 Å². The van der Waals surface area contributed by atoms with E-state index in [0.29, 0.717) is 10.6 Å². The smallest absolute Gasteiger partial charge is 0.471 e. The number of amides is 1. The molecule has 1 amide bonds. The predicted molar refractivity (Wildman–Crippen MR) is 55.3 cm³/mol. The van der Waals surface area contributed by atoms with Gasteiger partial charge >= 0.3 is 18.1 Å². The number of carboxylic acid groups (broad SMARTS) is 1. The van der Waals surface area contributed by atoms with Gasteiger partial charge in [-0.3, -0.25) is 9.48 Å². The lowest BCUT2D eigenvalue weighted by atomic mass is 10.1. The highest BCUT2D eigenvalue weighted by Gasteiger charge is 2.44. The van der Waals surface area contributed by atoms with Crippen LogP contribution < -0.4 is 0 Å². The quantitative estimate of drug-likeness (QED) is 0.814. The number of hydrogen-bond donors (Lipinski definition) is 1. The van der Waals surface area contributed by atoms with Gasteiger partial charge in [0.05, 0.1) is 12.2 Å². The van der Waals surface area contributed by atoms with Crippen LogP contribution in [-0.4, -0.2) is 44.4 Å². The van der Waals surface area contributed by atoms with Crippen molar-refractivity contribution in [2.45, 2.75) is 19.1 Å². The van der Waals surface area contributed by atoms with Gasteiger partial charge in [-0.05, 0) is 0 Å². The Morgan fingerprint density at radius 3 is 2.53 bits per heavy atom. The lowest BCUT2D eigenvalue weighted by molar-refractivity contribution is -0.186. The second-order valence-electron chi connectivity index (χ2n) is 4.18. The molecule has 0 saturated heterocycles. The SMILES string of the molecule is Cn1nc2c(c1C(=O)O)CN(C(=O)C(F)(F)F)CC2. The number of alkyl halides is 3. The number of aryl methyl sites for hydroxylation is 1. The van der Waals surface area contributed by atoms with Crippen LogP contribution in [0.2, 0.25) is 0 Å². The molecule has 2 rings (SSSR count). The number of aromatic carboxylic acids is 1. The number of aromatic nitrogens is 2. The van der Waals surface area contributed by atoms with Crippen molar-refractivity contribution in [3.8, 4) is 0 Å². The van der Waals surface area contributed by atoms with Crippen molar-refractivity contribution in [2.24, 2.45) is 7.05 Å². The van der Waals surface area contributed by atoms with Gasteiger partial charge < -0.3 is 10.0 Å². The Hall–Kier alpha value is -2.06. The first-order valence-electron chi connectivity index (χ1n) is 5.36. The fraction of sp³-hybridized carbons (Fsp3) is 0.500. The second kappa shape index (κ2) is 4.25. The van der Waals surface area contributed by atoms with Gasteiger partial charge in [0, 0.05) is 25.6 Å². The molecule has 1 aromatic heterocycles. The summed E-state index contributed by atoms with van der Waals surface area (Å²) in [5, 5.41) is 13.0. The molecule has 19 heavy (non-hydrogen) atoms. The van der Waals surface area contributed by atoms with E-state index in [1.54, 1.807) is 0 Å². The number of hydrogen-bond acceptors (Lipinski definition) is 3. The second-order valence-corrected chi connectivity index (χ2v) is 4.18. The number of carbonyl (C=O) groups excluding carboxylic acids is 1. The highest BCUT2D eigenvalue weighted by molar-refractivity contribution is 5.88. The average molecular weight is 277 g/mol. The molecule has 1 aliphatic rings. The van der Waals surface area contributed by atoms with Crippen LogP contribution in [0, 0.1) is 0 Å². The summed E-state index contributed by atoms with van der Waals surface area (Å²) < 4.78 is 38.1. The largest absolute Gasteiger partial charge is 0.477 e. The van der Waals surface area contributed by atoms with Crippen molar-refractivity contribution in [1.29, 1.82) is 0 Å². The van der Waals surface area contributed by atoms with Crippen molar-refractivity contribution >= 4 is 11.9 Å². The van der Waals surface area contributed by atoms with Gasteiger partial charge in [-0.1, -0.05) is 0 Å². The van der Waals surface area contributed by atoms with Crippen molar-refractivity contribution in [2.75, 3.05) is 6.54 Å². The Kier molecular flexibility index (Phi) is 2.99. The molecule has 6 nitrogen and oxygen atoms in total. The predicted octanol–water partition coefficient (Wildman–Crippen LogP) is 0.565. The minimum atomic E-state index is -4.96. The zero-order valence-electron chi connectivity index (χ0n) is 9.86. The molecular weight excluding hydrogens is 267 g/mol. The van der Waals surface area contributed by atoms with Crippen molar-refractivity contribution < 1.29 is 27.9 Å². The Morgan fingerprint density at radius 2 is 2.00 bits per heavy atom. The van der Waals surface area contributed by atoms with Gasteiger partial charge in [-0.25, -0.2) is 4.79 Å². The van der Waals surface area contributed by atoms with Gasteiger partial charge in [-0.15, -0.1) is 0 Å². The number of fused-ring (bicyclic) bond motifs is 1. The van der Waals surface area contributed by atoms with E-state index in [1.807, 2.05) is 0 Å². The van der Waals surface area contributed by atoms with E-state index in [-0.39, 0.29) is 30.8 Å². The van der Waals surface area contributed by atoms with E-state index in [9.17, 15) is 22.8 Å². The Balaban J connectivity index is 2.34. The highest BCUT2D eigenvalue weighted by Crippen LogP contribution is 2.26. The Bertz CT molecular complexity index is 550. The van der Waals surface area contributed by atoms with E-state index in [0.717, 1.165) is 4.68 Å². The number of carboxylic acids is 1. The third-order valence-corrected chi connectivity index (χ3v) is 2.93. The molecule has 2 heterocycles. The number of rotatable bonds is 1. The Labute approximate surface area is 105 Å². The molecule has 0 radical (unpaired) electrons. The molecule has 0 aromatic carbocycles. The van der Waals surface area contributed by atoms with Crippen LogP contribution in [0.15, 0.2) is 0 Å². The molecule has 0 bridgehead atoms. The standard InChI is InChI=1S/C10H10F3N3O3/c1-15-7(8(17)18)5-4-16(3-2-6(5)14-15)9(19)10(11,12)13/h2-4H2,1H3,(H,17,18). The number of nitrogens with zero attached hydrogens (tertiary/aromatic N) is 3. The topological polar surface area (TPSA) is 75.4 Å². The van der Waals surface area contributed by atoms with Gasteiger partial charge in [0.15, 0.2) is 5.69 Å². The maximum atomic E-state index is 12.3. The van der Waals surface area contributed by atoms with Gasteiger partial charge in [0.1, 0.15) is 0 Å². The summed E-state index contributed by atoms with van der Waals surface area (Å²) in [7, 11) is 1.40. The number of carbonyl (C=O) groups is 2. The first kappa shape index (κ1) is 13.4. The van der Waals surface area contributed by atoms with Gasteiger partial charge in [-0.2, -0.15) is 18.3 Å². The molecule has 1 aromatic rings. The summed E-state index contributed by atoms with van der Waals surface area (Å²) in [6.45, 7) is -0.509. The summed E-state index contributed by atoms with van der Waals surface area (Å²) in [5.41, 5.74) is 0.402. The van der Waals surface area contributed by atoms with E-state index < -0.39 is 18.1 Å². The van der Waals surface area contributed by atoms with E-state index in [2.05, 4.69) is 5.10 Å². The third kappa shape index (κ3) is 2.27. The Morgan fingerprint density at radius 1 is 1.37 bits per heavy atom. The molecule has 1 aliphatic heterocycles. The highest BCUT2D eigenvalue weighted by atomic mass is 19.4. The molecule has 0 fully saturated rings. The van der Waals surface area contributed by atoms with Crippen LogP contribution in [0.4, 0.5) is 13.2 Å². The van der Waals surface area contributed by atoms with E-state index in [1.165, 1.54) is 7.05 Å². The third-order valence-electron chi connectivity index (χ3n) is 2.93. The van der Waals surface area contributed by atoms with Crippen LogP contribution in [0.25, 0.3) is 0 Å². The fourth-order valence-electron chi connectivity index (χ4n) is 2.12. The minimum absolute atomic E-state index is 0.109. The molecule has 0 atom stereocenters. The molecule has 1 N–H and O–H groups in total. The first-order valence-corrected chi connectivity index (χ1v) is 5.36. The average Bonchev–Trinajstić information content (AvgIpc) is 2.61. The van der Waals surface area contributed by atoms with Crippen molar-refractivity contribution in [3.05, 3.63) is 17.0 Å². The van der Waals surface area contributed by atoms with E-state index >= 15 is 0 Å². The van der Waals surface area contributed by atoms with Crippen molar-refractivity contribution in [1.82, 2.24) is 14.7 Å². The molecule has 0 aliphatic carbocycles. The van der Waals surface area contributed by atoms with Gasteiger partial charge in [0.25, 0.3) is 0 Å². The lowest BCUT2D eigenvalue weighted by Gasteiger charge is -2.27. The van der Waals surface area contributed by atoms with Crippen LogP contribution in [0.5, 0.6) is 0 Å². The molecular formula is C10H10F3N3O3. The summed E-state index contributed by atoms with van der Waals surface area (Å²) in [6.07, 6.45) is -4.85. The molecule has 0 saturated carbocycles. The lowest BCUT2D eigenvalue weighted by Crippen LogP contribution is -2.43. The maximum absolute atomic E-state index is 12.3. The summed E-state index contributed by atoms with van der Waals surface area (Å²) in [5.74, 6) is -3.24. The molecule has 0 unspecified atom stereocenters. The van der Waals surface area contributed by atoms with Crippen LogP contribution >= 0.6 is 0 Å². The molecule has 0 spiro atoms. The van der Waals surface area contributed by atoms with E-state index in [4.69, 9.17) is 5.11 Å². The van der Waals surface area contributed by atoms with Gasteiger partial charge in [0.2, 0.25) is 0 Å². The summed E-state index contributed by atoms with van der Waals surface area (Å²) >= 11 is 0. The first-order chi connectivity index (χ1) is 8.71. The molecule has 104 valence electrons. The zero-order valence-corrected chi connectivity index (χ0v) is 9.86. The van der Waals surface area contributed by atoms with Crippen LogP contribution in [0.1, 0.15) is 21.7 Å². The minimum Gasteiger partial charge on any atom is -0.477 e. The zero-order chi connectivity index (χ0) is 14.4. The summed E-state index contributed by atoms with van der Waals surface area (Å²) in [6, 6.07) is 0. The monoisotopic (exact) mass is 277 g/mol. The number of halogens is 3. The fourth-order valence-corrected chi connectivity index (χ4v) is 2.12. The molecule has 9 heteroatoms. The maximum Gasteiger partial charge on any atom is 0.471 e. The normalized spacial score (nSPS) is 15.3. The summed E-state index contributed by atoms with van der Waals surface area (Å²) in [4.78, 5) is 22.8. The van der Waals surface area contributed by atoms with Crippen molar-refractivity contribution in [3.63, 3.8) is 0 Å².